The summed E-state index contributed by atoms with van der Waals surface area (Å²) in [6, 6.07) is 8.87. The molecule has 7 heteroatoms. The van der Waals surface area contributed by atoms with Crippen LogP contribution in [0.2, 0.25) is 0 Å². The van der Waals surface area contributed by atoms with Crippen LogP contribution in [0, 0.1) is 5.41 Å². The van der Waals surface area contributed by atoms with Gasteiger partial charge in [-0.1, -0.05) is 6.07 Å². The van der Waals surface area contributed by atoms with Crippen molar-refractivity contribution in [3.63, 3.8) is 0 Å². The highest BCUT2D eigenvalue weighted by molar-refractivity contribution is 5.93. The number of nitrogen functional groups attached to an aromatic ring is 1. The van der Waals surface area contributed by atoms with E-state index in [9.17, 15) is 13.2 Å². The lowest BCUT2D eigenvalue weighted by Crippen LogP contribution is -2.13. The van der Waals surface area contributed by atoms with Crippen LogP contribution in [-0.2, 0) is 6.18 Å². The molecule has 1 aromatic carbocycles. The van der Waals surface area contributed by atoms with Gasteiger partial charge in [0.1, 0.15) is 17.3 Å². The fraction of sp³-hybridized carbons (Fsp3) is 0.0769. The van der Waals surface area contributed by atoms with E-state index in [1.54, 1.807) is 6.07 Å². The van der Waals surface area contributed by atoms with Crippen molar-refractivity contribution in [2.75, 3.05) is 0 Å². The van der Waals surface area contributed by atoms with Crippen LogP contribution < -0.4 is 10.5 Å². The summed E-state index contributed by atoms with van der Waals surface area (Å²) in [6.45, 7) is 0. The van der Waals surface area contributed by atoms with Crippen molar-refractivity contribution >= 4 is 5.84 Å². The van der Waals surface area contributed by atoms with Crippen molar-refractivity contribution in [3.05, 3.63) is 53.7 Å². The summed E-state index contributed by atoms with van der Waals surface area (Å²) in [7, 11) is 0. The molecule has 0 saturated heterocycles. The van der Waals surface area contributed by atoms with Gasteiger partial charge in [0.05, 0.1) is 5.56 Å². The van der Waals surface area contributed by atoms with Gasteiger partial charge in [-0.3, -0.25) is 5.41 Å². The molecule has 20 heavy (non-hydrogen) atoms. The van der Waals surface area contributed by atoms with E-state index in [-0.39, 0.29) is 23.2 Å². The summed E-state index contributed by atoms with van der Waals surface area (Å²) >= 11 is 0. The number of hydrogen-bond donors (Lipinski definition) is 2. The zero-order valence-electron chi connectivity index (χ0n) is 10.1. The van der Waals surface area contributed by atoms with E-state index >= 15 is 0 Å². The number of amidine groups is 1. The molecule has 0 aliphatic rings. The van der Waals surface area contributed by atoms with Crippen molar-refractivity contribution in [1.82, 2.24) is 4.98 Å². The zero-order valence-corrected chi connectivity index (χ0v) is 10.1. The lowest BCUT2D eigenvalue weighted by molar-refractivity contribution is -0.137. The van der Waals surface area contributed by atoms with Gasteiger partial charge in [0.2, 0.25) is 5.88 Å². The van der Waals surface area contributed by atoms with Crippen LogP contribution in [0.15, 0.2) is 42.5 Å². The molecule has 3 N–H and O–H groups in total. The molecule has 0 saturated carbocycles. The van der Waals surface area contributed by atoms with Gasteiger partial charge in [0.15, 0.2) is 0 Å². The first kappa shape index (κ1) is 13.9. The molecule has 0 aliphatic heterocycles. The lowest BCUT2D eigenvalue weighted by Gasteiger charge is -2.09. The number of halogens is 3. The molecule has 0 bridgehead atoms. The van der Waals surface area contributed by atoms with Gasteiger partial charge < -0.3 is 10.5 Å². The van der Waals surface area contributed by atoms with Gasteiger partial charge in [0.25, 0.3) is 0 Å². The second-order valence-corrected chi connectivity index (χ2v) is 3.90. The first-order chi connectivity index (χ1) is 9.36. The Balaban J connectivity index is 2.18. The highest BCUT2D eigenvalue weighted by atomic mass is 19.4. The van der Waals surface area contributed by atoms with E-state index < -0.39 is 11.7 Å². The minimum absolute atomic E-state index is 0.150. The predicted molar refractivity (Wildman–Crippen MR) is 66.8 cm³/mol. The average molecular weight is 281 g/mol. The van der Waals surface area contributed by atoms with E-state index in [2.05, 4.69) is 4.98 Å². The quantitative estimate of drug-likeness (QED) is 0.670. The highest BCUT2D eigenvalue weighted by Gasteiger charge is 2.30. The smallest absolute Gasteiger partial charge is 0.416 e. The van der Waals surface area contributed by atoms with Crippen LogP contribution in [-0.4, -0.2) is 10.8 Å². The molecule has 0 atom stereocenters. The third-order valence-electron chi connectivity index (χ3n) is 2.40. The lowest BCUT2D eigenvalue weighted by atomic mass is 10.2. The third-order valence-corrected chi connectivity index (χ3v) is 2.40. The minimum atomic E-state index is -4.38. The summed E-state index contributed by atoms with van der Waals surface area (Å²) in [5, 5.41) is 7.24. The number of pyridine rings is 1. The Morgan fingerprint density at radius 2 is 1.75 bits per heavy atom. The Kier molecular flexibility index (Phi) is 3.60. The van der Waals surface area contributed by atoms with Crippen LogP contribution in [0.3, 0.4) is 0 Å². The number of nitrogens with one attached hydrogen (secondary N) is 1. The first-order valence-corrected chi connectivity index (χ1v) is 5.53. The number of rotatable bonds is 3. The van der Waals surface area contributed by atoms with Crippen molar-refractivity contribution in [3.8, 4) is 11.6 Å². The molecule has 0 radical (unpaired) electrons. The van der Waals surface area contributed by atoms with Crippen LogP contribution in [0.5, 0.6) is 11.6 Å². The summed E-state index contributed by atoms with van der Waals surface area (Å²) in [5.74, 6) is 0.145. The minimum Gasteiger partial charge on any atom is -0.439 e. The number of benzene rings is 1. The summed E-state index contributed by atoms with van der Waals surface area (Å²) in [5.41, 5.74) is 4.76. The molecule has 104 valence electrons. The van der Waals surface area contributed by atoms with E-state index in [1.165, 1.54) is 24.3 Å². The Labute approximate surface area is 112 Å². The van der Waals surface area contributed by atoms with Crippen LogP contribution in [0.4, 0.5) is 13.2 Å². The van der Waals surface area contributed by atoms with Crippen molar-refractivity contribution in [1.29, 1.82) is 5.41 Å². The summed E-state index contributed by atoms with van der Waals surface area (Å²) < 4.78 is 42.5. The molecule has 0 amide bonds. The van der Waals surface area contributed by atoms with Crippen molar-refractivity contribution in [2.24, 2.45) is 5.73 Å². The molecule has 0 aliphatic carbocycles. The summed E-state index contributed by atoms with van der Waals surface area (Å²) in [6.07, 6.45) is -4.38. The van der Waals surface area contributed by atoms with Gasteiger partial charge in [-0.15, -0.1) is 0 Å². The first-order valence-electron chi connectivity index (χ1n) is 5.53. The zero-order chi connectivity index (χ0) is 14.8. The largest absolute Gasteiger partial charge is 0.439 e. The topological polar surface area (TPSA) is 72.0 Å². The van der Waals surface area contributed by atoms with Gasteiger partial charge in [-0.2, -0.15) is 13.2 Å². The second-order valence-electron chi connectivity index (χ2n) is 3.90. The van der Waals surface area contributed by atoms with Gasteiger partial charge in [-0.05, 0) is 30.3 Å². The monoisotopic (exact) mass is 281 g/mol. The molecule has 1 heterocycles. The molecule has 0 spiro atoms. The Morgan fingerprint density at radius 3 is 2.30 bits per heavy atom. The molecular weight excluding hydrogens is 271 g/mol. The van der Waals surface area contributed by atoms with E-state index in [0.29, 0.717) is 0 Å². The van der Waals surface area contributed by atoms with Crippen LogP contribution in [0.25, 0.3) is 0 Å². The molecule has 0 fully saturated rings. The number of ether oxygens (including phenoxy) is 1. The maximum absolute atomic E-state index is 12.4. The normalized spacial score (nSPS) is 11.2. The van der Waals surface area contributed by atoms with Gasteiger partial charge in [0, 0.05) is 6.07 Å². The maximum atomic E-state index is 12.4. The van der Waals surface area contributed by atoms with Crippen LogP contribution >= 0.6 is 0 Å². The van der Waals surface area contributed by atoms with E-state index in [1.807, 2.05) is 0 Å². The number of hydrogen-bond acceptors (Lipinski definition) is 3. The number of nitrogens with zero attached hydrogens (tertiary/aromatic N) is 1. The fourth-order valence-electron chi connectivity index (χ4n) is 1.45. The standard InChI is InChI=1S/C13H10F3N3O/c14-13(15,16)8-4-6-9(7-5-8)20-11-3-1-2-10(19-11)12(17)18/h1-7H,(H3,17,18). The number of aromatic nitrogens is 1. The van der Waals surface area contributed by atoms with E-state index in [0.717, 1.165) is 12.1 Å². The molecular formula is C13H10F3N3O. The van der Waals surface area contributed by atoms with E-state index in [4.69, 9.17) is 15.9 Å². The van der Waals surface area contributed by atoms with Gasteiger partial charge in [-0.25, -0.2) is 4.98 Å². The predicted octanol–water partition coefficient (Wildman–Crippen LogP) is 3.18. The highest BCUT2D eigenvalue weighted by Crippen LogP contribution is 2.31. The third kappa shape index (κ3) is 3.25. The van der Waals surface area contributed by atoms with Crippen molar-refractivity contribution < 1.29 is 17.9 Å². The SMILES string of the molecule is N=C(N)c1cccc(Oc2ccc(C(F)(F)F)cc2)n1. The average Bonchev–Trinajstić information content (AvgIpc) is 2.38. The second kappa shape index (κ2) is 5.20. The Hall–Kier alpha value is -2.57. The molecule has 2 aromatic rings. The van der Waals surface area contributed by atoms with Gasteiger partial charge >= 0.3 is 6.18 Å². The number of nitrogens with two attached hydrogens (primary N) is 1. The number of alkyl halides is 3. The Morgan fingerprint density at radius 1 is 1.10 bits per heavy atom. The summed E-state index contributed by atoms with van der Waals surface area (Å²) in [4.78, 5) is 3.94. The maximum Gasteiger partial charge on any atom is 0.416 e. The Bertz CT molecular complexity index is 624. The molecule has 2 rings (SSSR count). The fourth-order valence-corrected chi connectivity index (χ4v) is 1.45. The molecule has 1 aromatic heterocycles. The molecule has 4 nitrogen and oxygen atoms in total. The van der Waals surface area contributed by atoms with Crippen molar-refractivity contribution in [2.45, 2.75) is 6.18 Å². The van der Waals surface area contributed by atoms with Crippen LogP contribution in [0.1, 0.15) is 11.3 Å². The molecule has 0 unspecified atom stereocenters.